The number of hydrogen-bond donors (Lipinski definition) is 2. The third kappa shape index (κ3) is 17.9. The van der Waals surface area contributed by atoms with E-state index >= 15 is 0 Å². The zero-order valence-electron chi connectivity index (χ0n) is 19.9. The second kappa shape index (κ2) is 21.4. The van der Waals surface area contributed by atoms with Gasteiger partial charge in [-0.15, -0.1) is 0 Å². The topological polar surface area (TPSA) is 89.6 Å². The third-order valence-electron chi connectivity index (χ3n) is 5.55. The van der Waals surface area contributed by atoms with E-state index < -0.39 is 18.0 Å². The van der Waals surface area contributed by atoms with Crippen molar-refractivity contribution < 1.29 is 19.4 Å². The van der Waals surface area contributed by atoms with Gasteiger partial charge in [-0.2, -0.15) is 0 Å². The van der Waals surface area contributed by atoms with Crippen molar-refractivity contribution in [3.63, 3.8) is 0 Å². The van der Waals surface area contributed by atoms with Crippen LogP contribution in [0, 0.1) is 0 Å². The summed E-state index contributed by atoms with van der Waals surface area (Å²) in [6, 6.07) is 5.56. The zero-order chi connectivity index (χ0) is 23.4. The first kappa shape index (κ1) is 31.9. The number of hydrogen-bond acceptors (Lipinski definition) is 5. The van der Waals surface area contributed by atoms with Gasteiger partial charge in [-0.1, -0.05) is 82.6 Å². The van der Waals surface area contributed by atoms with E-state index in [4.69, 9.17) is 10.5 Å². The summed E-state index contributed by atoms with van der Waals surface area (Å²) in [5.41, 5.74) is 6.63. The van der Waals surface area contributed by atoms with Gasteiger partial charge in [0.05, 0.1) is 0 Å². The Hall–Kier alpha value is -1.14. The molecule has 0 bridgehead atoms. The molecule has 0 amide bonds. The molecule has 0 fully saturated rings. The van der Waals surface area contributed by atoms with Crippen molar-refractivity contribution in [2.24, 2.45) is 5.73 Å². The molecule has 5 nitrogen and oxygen atoms in total. The molecule has 3 N–H and O–H groups in total. The molecule has 1 unspecified atom stereocenters. The first-order valence-electron chi connectivity index (χ1n) is 12.5. The summed E-state index contributed by atoms with van der Waals surface area (Å²) < 4.78 is 4.87. The molecule has 1 atom stereocenters. The van der Waals surface area contributed by atoms with Gasteiger partial charge in [-0.3, -0.25) is 4.79 Å². The van der Waals surface area contributed by atoms with E-state index in [9.17, 15) is 14.7 Å². The second-order valence-electron chi connectivity index (χ2n) is 8.60. The Kier molecular flexibility index (Phi) is 20.7. The predicted octanol–water partition coefficient (Wildman–Crippen LogP) is 5.72. The van der Waals surface area contributed by atoms with Gasteiger partial charge in [0, 0.05) is 6.42 Å². The van der Waals surface area contributed by atoms with Gasteiger partial charge >= 0.3 is 41.5 Å². The third-order valence-corrected chi connectivity index (χ3v) is 5.55. The maximum atomic E-state index is 12.0. The molecular formula is C27H44NNaO4. The maximum absolute atomic E-state index is 12.0. The van der Waals surface area contributed by atoms with Crippen molar-refractivity contribution in [2.75, 3.05) is 0 Å². The number of carbonyl (C=O) groups excluding carboxylic acids is 2. The summed E-state index contributed by atoms with van der Waals surface area (Å²) in [5.74, 6) is -1.05. The van der Waals surface area contributed by atoms with Gasteiger partial charge in [0.1, 0.15) is 11.8 Å². The molecule has 0 aliphatic heterocycles. The number of phenolic OH excluding ortho intramolecular Hbond substituents is 1. The van der Waals surface area contributed by atoms with Crippen LogP contribution in [0.4, 0.5) is 0 Å². The fraction of sp³-hybridized carbons (Fsp3) is 0.630. The minimum absolute atomic E-state index is 0. The van der Waals surface area contributed by atoms with Gasteiger partial charge in [-0.25, -0.2) is 4.79 Å². The summed E-state index contributed by atoms with van der Waals surface area (Å²) in [4.78, 5) is 23.8. The average molecular weight is 470 g/mol. The molecule has 6 heteroatoms. The molecule has 0 aliphatic carbocycles. The van der Waals surface area contributed by atoms with Gasteiger partial charge in [-0.05, 0) is 56.2 Å². The van der Waals surface area contributed by atoms with Crippen LogP contribution in [0.1, 0.15) is 102 Å². The van der Waals surface area contributed by atoms with E-state index in [1.165, 1.54) is 63.5 Å². The summed E-state index contributed by atoms with van der Waals surface area (Å²) >= 11 is 0. The normalized spacial score (nSPS) is 11.8. The van der Waals surface area contributed by atoms with E-state index in [1.54, 1.807) is 12.1 Å². The zero-order valence-corrected chi connectivity index (χ0v) is 19.9. The number of benzene rings is 1. The average Bonchev–Trinajstić information content (AvgIpc) is 2.77. The molecule has 0 saturated heterocycles. The molecule has 1 aromatic rings. The Morgan fingerprint density at radius 1 is 0.879 bits per heavy atom. The van der Waals surface area contributed by atoms with Gasteiger partial charge in [0.25, 0.3) is 0 Å². The molecule has 182 valence electrons. The van der Waals surface area contributed by atoms with Crippen LogP contribution in [0.2, 0.25) is 0 Å². The van der Waals surface area contributed by atoms with Crippen LogP contribution in [0.25, 0.3) is 0 Å². The first-order chi connectivity index (χ1) is 15.5. The standard InChI is InChI=1S/C27H43NO4.Na.H/c1-2-3-4-5-6-7-8-9-10-11-12-13-14-15-16-17-26(30)32-27(31)25(28)22-23-18-20-24(29)21-19-23;;/h9-10,18-21,25,29H,2-8,11-17,22,28H2,1H3;;/b10-9-;;. The summed E-state index contributed by atoms with van der Waals surface area (Å²) in [7, 11) is 0. The molecule has 0 heterocycles. The Morgan fingerprint density at radius 3 is 1.97 bits per heavy atom. The summed E-state index contributed by atoms with van der Waals surface area (Å²) in [6.07, 6.45) is 20.7. The van der Waals surface area contributed by atoms with Crippen molar-refractivity contribution in [1.82, 2.24) is 0 Å². The van der Waals surface area contributed by atoms with Gasteiger partial charge in [0.2, 0.25) is 0 Å². The minimum atomic E-state index is -0.891. The predicted molar refractivity (Wildman–Crippen MR) is 137 cm³/mol. The number of unbranched alkanes of at least 4 members (excludes halogenated alkanes) is 11. The van der Waals surface area contributed by atoms with Crippen LogP contribution in [0.3, 0.4) is 0 Å². The molecule has 0 saturated carbocycles. The van der Waals surface area contributed by atoms with E-state index in [2.05, 4.69) is 19.1 Å². The Balaban J connectivity index is 0.0000102. The van der Waals surface area contributed by atoms with Crippen molar-refractivity contribution >= 4 is 41.5 Å². The Labute approximate surface area is 222 Å². The van der Waals surface area contributed by atoms with Crippen LogP contribution in [0.15, 0.2) is 36.4 Å². The molecular weight excluding hydrogens is 425 g/mol. The SMILES string of the molecule is CCCCCCCC/C=C\CCCCCCCC(=O)OC(=O)C(N)Cc1ccc(O)cc1.[NaH]. The van der Waals surface area contributed by atoms with Crippen LogP contribution >= 0.6 is 0 Å². The summed E-state index contributed by atoms with van der Waals surface area (Å²) in [5, 5.41) is 9.28. The number of rotatable bonds is 18. The number of carbonyl (C=O) groups is 2. The van der Waals surface area contributed by atoms with Crippen molar-refractivity contribution in [3.8, 4) is 5.75 Å². The van der Waals surface area contributed by atoms with E-state index in [-0.39, 0.29) is 48.1 Å². The van der Waals surface area contributed by atoms with Gasteiger partial charge in [0.15, 0.2) is 0 Å². The number of nitrogens with two attached hydrogens (primary N) is 1. The molecule has 0 aliphatic rings. The fourth-order valence-electron chi connectivity index (χ4n) is 3.55. The molecule has 0 aromatic heterocycles. The first-order valence-corrected chi connectivity index (χ1v) is 12.5. The van der Waals surface area contributed by atoms with Crippen LogP contribution in [-0.4, -0.2) is 52.6 Å². The monoisotopic (exact) mass is 469 g/mol. The number of allylic oxidation sites excluding steroid dienone is 2. The van der Waals surface area contributed by atoms with E-state index in [0.717, 1.165) is 37.7 Å². The molecule has 0 spiro atoms. The summed E-state index contributed by atoms with van der Waals surface area (Å²) in [6.45, 7) is 2.25. The molecule has 0 radical (unpaired) electrons. The van der Waals surface area contributed by atoms with Crippen molar-refractivity contribution in [3.05, 3.63) is 42.0 Å². The van der Waals surface area contributed by atoms with Crippen LogP contribution in [0.5, 0.6) is 5.75 Å². The van der Waals surface area contributed by atoms with Crippen molar-refractivity contribution in [1.29, 1.82) is 0 Å². The van der Waals surface area contributed by atoms with Crippen molar-refractivity contribution in [2.45, 2.75) is 109 Å². The second-order valence-corrected chi connectivity index (χ2v) is 8.60. The number of ether oxygens (including phenoxy) is 1. The molecule has 1 aromatic carbocycles. The van der Waals surface area contributed by atoms with E-state index in [1.807, 2.05) is 0 Å². The quantitative estimate of drug-likeness (QED) is 0.0943. The molecule has 33 heavy (non-hydrogen) atoms. The van der Waals surface area contributed by atoms with Crippen LogP contribution < -0.4 is 5.73 Å². The van der Waals surface area contributed by atoms with Gasteiger partial charge < -0.3 is 15.6 Å². The van der Waals surface area contributed by atoms with Crippen LogP contribution in [-0.2, 0) is 20.7 Å². The Bertz CT molecular complexity index is 661. The number of phenols is 1. The Morgan fingerprint density at radius 2 is 1.39 bits per heavy atom. The van der Waals surface area contributed by atoms with E-state index in [0.29, 0.717) is 0 Å². The number of aromatic hydroxyl groups is 1. The molecule has 1 rings (SSSR count). The number of esters is 2. The fourth-order valence-corrected chi connectivity index (χ4v) is 3.55.